The molecule has 0 aliphatic heterocycles. The van der Waals surface area contributed by atoms with Crippen molar-refractivity contribution in [1.82, 2.24) is 4.72 Å². The molecule has 1 fully saturated rings. The van der Waals surface area contributed by atoms with Gasteiger partial charge in [-0.1, -0.05) is 0 Å². The molecule has 6 nitrogen and oxygen atoms in total. The standard InChI is InChI=1S/C14H19NO5S/c1-2-20-14(17)11-3-5-13(6-4-11)21(18,19)15-9-10-7-12(16)8-10/h3-6,10,12,15-16H,2,7-9H2,1H3. The minimum absolute atomic E-state index is 0.107. The molecule has 2 rings (SSSR count). The fourth-order valence-corrected chi connectivity index (χ4v) is 3.28. The van der Waals surface area contributed by atoms with Crippen LogP contribution in [-0.2, 0) is 14.8 Å². The Labute approximate surface area is 124 Å². The molecule has 1 saturated carbocycles. The zero-order valence-electron chi connectivity index (χ0n) is 11.8. The lowest BCUT2D eigenvalue weighted by atomic mass is 9.83. The average Bonchev–Trinajstić information content (AvgIpc) is 2.43. The maximum Gasteiger partial charge on any atom is 0.338 e. The summed E-state index contributed by atoms with van der Waals surface area (Å²) in [6.45, 7) is 2.30. The van der Waals surface area contributed by atoms with Gasteiger partial charge < -0.3 is 9.84 Å². The molecule has 2 N–H and O–H groups in total. The van der Waals surface area contributed by atoms with E-state index in [1.807, 2.05) is 0 Å². The highest BCUT2D eigenvalue weighted by atomic mass is 32.2. The number of carbonyl (C=O) groups excluding carboxylic acids is 1. The van der Waals surface area contributed by atoms with Crippen LogP contribution in [0, 0.1) is 5.92 Å². The Morgan fingerprint density at radius 3 is 2.48 bits per heavy atom. The number of benzene rings is 1. The number of sulfonamides is 1. The summed E-state index contributed by atoms with van der Waals surface area (Å²) in [5.41, 5.74) is 0.318. The molecule has 0 bridgehead atoms. The molecule has 0 aromatic heterocycles. The third-order valence-corrected chi connectivity index (χ3v) is 4.89. The van der Waals surface area contributed by atoms with Crippen molar-refractivity contribution in [3.05, 3.63) is 29.8 Å². The Bertz CT molecular complexity index is 590. The largest absolute Gasteiger partial charge is 0.462 e. The minimum atomic E-state index is -3.59. The number of ether oxygens (including phenoxy) is 1. The number of aliphatic hydroxyl groups is 1. The smallest absolute Gasteiger partial charge is 0.338 e. The summed E-state index contributed by atoms with van der Waals surface area (Å²) in [6, 6.07) is 5.62. The molecule has 0 heterocycles. The van der Waals surface area contributed by atoms with Crippen LogP contribution in [-0.4, -0.2) is 38.7 Å². The first-order valence-corrected chi connectivity index (χ1v) is 8.35. The van der Waals surface area contributed by atoms with Crippen LogP contribution in [0.5, 0.6) is 0 Å². The summed E-state index contributed by atoms with van der Waals surface area (Å²) < 4.78 is 31.5. The minimum Gasteiger partial charge on any atom is -0.462 e. The third-order valence-electron chi connectivity index (χ3n) is 3.45. The molecule has 0 spiro atoms. The van der Waals surface area contributed by atoms with E-state index in [0.717, 1.165) is 0 Å². The van der Waals surface area contributed by atoms with Gasteiger partial charge in [-0.15, -0.1) is 0 Å². The maximum atomic E-state index is 12.1. The van der Waals surface area contributed by atoms with Gasteiger partial charge in [0, 0.05) is 6.54 Å². The van der Waals surface area contributed by atoms with Crippen molar-refractivity contribution in [3.63, 3.8) is 0 Å². The highest BCUT2D eigenvalue weighted by molar-refractivity contribution is 7.89. The first-order valence-electron chi connectivity index (χ1n) is 6.87. The molecule has 116 valence electrons. The molecule has 0 unspecified atom stereocenters. The Kier molecular flexibility index (Phi) is 4.97. The van der Waals surface area contributed by atoms with Gasteiger partial charge >= 0.3 is 5.97 Å². The monoisotopic (exact) mass is 313 g/mol. The van der Waals surface area contributed by atoms with Gasteiger partial charge in [0.15, 0.2) is 0 Å². The van der Waals surface area contributed by atoms with E-state index in [1.165, 1.54) is 24.3 Å². The van der Waals surface area contributed by atoms with Crippen molar-refractivity contribution in [1.29, 1.82) is 0 Å². The summed E-state index contributed by atoms with van der Waals surface area (Å²) in [5, 5.41) is 9.17. The van der Waals surface area contributed by atoms with Crippen LogP contribution in [0.25, 0.3) is 0 Å². The Balaban J connectivity index is 1.98. The van der Waals surface area contributed by atoms with Crippen LogP contribution < -0.4 is 4.72 Å². The van der Waals surface area contributed by atoms with Crippen LogP contribution in [0.3, 0.4) is 0 Å². The molecular formula is C14H19NO5S. The molecule has 1 aliphatic carbocycles. The number of esters is 1. The van der Waals surface area contributed by atoms with Gasteiger partial charge in [-0.25, -0.2) is 17.9 Å². The number of hydrogen-bond donors (Lipinski definition) is 2. The molecule has 0 atom stereocenters. The second kappa shape index (κ2) is 6.55. The zero-order valence-corrected chi connectivity index (χ0v) is 12.6. The number of rotatable bonds is 6. The van der Waals surface area contributed by atoms with Gasteiger partial charge in [0.25, 0.3) is 0 Å². The lowest BCUT2D eigenvalue weighted by Gasteiger charge is -2.31. The average molecular weight is 313 g/mol. The Hall–Kier alpha value is -1.44. The highest BCUT2D eigenvalue weighted by Gasteiger charge is 2.28. The van der Waals surface area contributed by atoms with E-state index >= 15 is 0 Å². The molecule has 0 radical (unpaired) electrons. The molecule has 1 aromatic carbocycles. The molecule has 1 aromatic rings. The molecule has 1 aliphatic rings. The summed E-state index contributed by atoms with van der Waals surface area (Å²) in [4.78, 5) is 11.6. The van der Waals surface area contributed by atoms with Gasteiger partial charge in [0.1, 0.15) is 0 Å². The molecule has 0 saturated heterocycles. The lowest BCUT2D eigenvalue weighted by Crippen LogP contribution is -2.38. The van der Waals surface area contributed by atoms with Crippen molar-refractivity contribution in [3.8, 4) is 0 Å². The fraction of sp³-hybridized carbons (Fsp3) is 0.500. The first-order chi connectivity index (χ1) is 9.92. The van der Waals surface area contributed by atoms with Crippen LogP contribution in [0.4, 0.5) is 0 Å². The maximum absolute atomic E-state index is 12.1. The van der Waals surface area contributed by atoms with E-state index in [0.29, 0.717) is 24.9 Å². The van der Waals surface area contributed by atoms with Crippen LogP contribution in [0.15, 0.2) is 29.2 Å². The third kappa shape index (κ3) is 4.03. The van der Waals surface area contributed by atoms with Crippen LogP contribution in [0.2, 0.25) is 0 Å². The van der Waals surface area contributed by atoms with Crippen molar-refractivity contribution >= 4 is 16.0 Å². The van der Waals surface area contributed by atoms with Gasteiger partial charge in [-0.05, 0) is 49.9 Å². The van der Waals surface area contributed by atoms with Gasteiger partial charge in [-0.2, -0.15) is 0 Å². The Morgan fingerprint density at radius 2 is 1.95 bits per heavy atom. The Morgan fingerprint density at radius 1 is 1.33 bits per heavy atom. The van der Waals surface area contributed by atoms with Crippen molar-refractivity contribution in [2.45, 2.75) is 30.8 Å². The van der Waals surface area contributed by atoms with E-state index in [9.17, 15) is 18.3 Å². The van der Waals surface area contributed by atoms with E-state index < -0.39 is 16.0 Å². The summed E-state index contributed by atoms with van der Waals surface area (Å²) >= 11 is 0. The predicted molar refractivity (Wildman–Crippen MR) is 76.3 cm³/mol. The molecule has 0 amide bonds. The SMILES string of the molecule is CCOC(=O)c1ccc(S(=O)(=O)NCC2CC(O)C2)cc1. The fourth-order valence-electron chi connectivity index (χ4n) is 2.16. The van der Waals surface area contributed by atoms with Crippen molar-refractivity contribution in [2.75, 3.05) is 13.2 Å². The number of carbonyl (C=O) groups is 1. The van der Waals surface area contributed by atoms with E-state index in [1.54, 1.807) is 6.92 Å². The van der Waals surface area contributed by atoms with E-state index in [-0.39, 0.29) is 23.5 Å². The van der Waals surface area contributed by atoms with Crippen molar-refractivity contribution < 1.29 is 23.1 Å². The normalized spacial score (nSPS) is 21.6. The van der Waals surface area contributed by atoms with Gasteiger partial charge in [0.2, 0.25) is 10.0 Å². The first kappa shape index (κ1) is 15.9. The number of aliphatic hydroxyl groups excluding tert-OH is 1. The van der Waals surface area contributed by atoms with E-state index in [4.69, 9.17) is 4.74 Å². The number of hydrogen-bond acceptors (Lipinski definition) is 5. The quantitative estimate of drug-likeness (QED) is 0.762. The number of nitrogens with one attached hydrogen (secondary N) is 1. The molecule has 21 heavy (non-hydrogen) atoms. The van der Waals surface area contributed by atoms with Gasteiger partial charge in [0.05, 0.1) is 23.2 Å². The zero-order chi connectivity index (χ0) is 15.5. The second-order valence-corrected chi connectivity index (χ2v) is 6.85. The summed E-state index contributed by atoms with van der Waals surface area (Å²) in [5.74, 6) is -0.286. The summed E-state index contributed by atoms with van der Waals surface area (Å²) in [6.07, 6.45) is 0.956. The summed E-state index contributed by atoms with van der Waals surface area (Å²) in [7, 11) is -3.59. The van der Waals surface area contributed by atoms with Gasteiger partial charge in [-0.3, -0.25) is 0 Å². The molecule has 7 heteroatoms. The van der Waals surface area contributed by atoms with Crippen LogP contribution >= 0.6 is 0 Å². The van der Waals surface area contributed by atoms with Crippen molar-refractivity contribution in [2.24, 2.45) is 5.92 Å². The van der Waals surface area contributed by atoms with Crippen LogP contribution in [0.1, 0.15) is 30.1 Å². The molecular weight excluding hydrogens is 294 g/mol. The highest BCUT2D eigenvalue weighted by Crippen LogP contribution is 2.26. The topological polar surface area (TPSA) is 92.7 Å². The lowest BCUT2D eigenvalue weighted by molar-refractivity contribution is 0.0453. The second-order valence-electron chi connectivity index (χ2n) is 5.09. The predicted octanol–water partition coefficient (Wildman–Crippen LogP) is 0.912. The van der Waals surface area contributed by atoms with E-state index in [2.05, 4.69) is 4.72 Å².